The Morgan fingerprint density at radius 3 is 2.72 bits per heavy atom. The van der Waals surface area contributed by atoms with Crippen molar-refractivity contribution in [2.75, 3.05) is 13.2 Å². The van der Waals surface area contributed by atoms with Crippen LogP contribution in [0.3, 0.4) is 0 Å². The van der Waals surface area contributed by atoms with Gasteiger partial charge in [0.1, 0.15) is 0 Å². The summed E-state index contributed by atoms with van der Waals surface area (Å²) >= 11 is 0. The lowest BCUT2D eigenvalue weighted by atomic mass is 9.87. The topological polar surface area (TPSA) is 73.9 Å². The molecule has 0 fully saturated rings. The molecule has 0 radical (unpaired) electrons. The van der Waals surface area contributed by atoms with Gasteiger partial charge in [-0.2, -0.15) is 0 Å². The van der Waals surface area contributed by atoms with Crippen LogP contribution in [0.1, 0.15) is 53.7 Å². The standard InChI is InChI=1S/C23H25NO5/c1-15(22(25)24-19-9-4-7-16-6-2-3-8-18(16)19)29-23(26)17-10-11-20-21(14-17)28-13-5-12-27-20/h2-3,6,8,10-11,14-15,19H,4-5,7,9,12-13H2,1H3,(H,24,25). The highest BCUT2D eigenvalue weighted by atomic mass is 16.5. The second-order valence-corrected chi connectivity index (χ2v) is 7.41. The molecule has 0 bridgehead atoms. The van der Waals surface area contributed by atoms with Gasteiger partial charge in [-0.15, -0.1) is 0 Å². The van der Waals surface area contributed by atoms with Crippen LogP contribution in [0.4, 0.5) is 0 Å². The highest BCUT2D eigenvalue weighted by Gasteiger charge is 2.26. The van der Waals surface area contributed by atoms with Crippen LogP contribution in [-0.2, 0) is 16.0 Å². The molecule has 1 N–H and O–H groups in total. The number of ether oxygens (including phenoxy) is 3. The Labute approximate surface area is 170 Å². The van der Waals surface area contributed by atoms with E-state index in [1.807, 2.05) is 18.2 Å². The second-order valence-electron chi connectivity index (χ2n) is 7.41. The molecule has 4 rings (SSSR count). The summed E-state index contributed by atoms with van der Waals surface area (Å²) in [4.78, 5) is 25.2. The molecule has 1 aliphatic heterocycles. The van der Waals surface area contributed by atoms with E-state index in [4.69, 9.17) is 14.2 Å². The molecule has 6 nitrogen and oxygen atoms in total. The summed E-state index contributed by atoms with van der Waals surface area (Å²) in [5.41, 5.74) is 2.74. The summed E-state index contributed by atoms with van der Waals surface area (Å²) in [6, 6.07) is 13.0. The molecule has 2 unspecified atom stereocenters. The van der Waals surface area contributed by atoms with E-state index in [0.29, 0.717) is 30.3 Å². The summed E-state index contributed by atoms with van der Waals surface area (Å²) in [6.07, 6.45) is 2.82. The molecule has 0 saturated carbocycles. The van der Waals surface area contributed by atoms with Crippen molar-refractivity contribution in [2.24, 2.45) is 0 Å². The highest BCUT2D eigenvalue weighted by molar-refractivity contribution is 5.93. The van der Waals surface area contributed by atoms with Gasteiger partial charge in [-0.05, 0) is 55.5 Å². The van der Waals surface area contributed by atoms with Crippen LogP contribution in [0, 0.1) is 0 Å². The van der Waals surface area contributed by atoms with Crippen molar-refractivity contribution in [1.29, 1.82) is 0 Å². The SMILES string of the molecule is CC(OC(=O)c1ccc2c(c1)OCCCO2)C(=O)NC1CCCc2ccccc21. The van der Waals surface area contributed by atoms with E-state index in [9.17, 15) is 9.59 Å². The zero-order chi connectivity index (χ0) is 20.2. The van der Waals surface area contributed by atoms with Gasteiger partial charge in [0, 0.05) is 6.42 Å². The summed E-state index contributed by atoms with van der Waals surface area (Å²) in [6.45, 7) is 2.70. The van der Waals surface area contributed by atoms with Crippen molar-refractivity contribution in [2.45, 2.75) is 44.8 Å². The van der Waals surface area contributed by atoms with E-state index >= 15 is 0 Å². The van der Waals surface area contributed by atoms with E-state index in [-0.39, 0.29) is 11.9 Å². The van der Waals surface area contributed by atoms with Crippen LogP contribution in [0.25, 0.3) is 0 Å². The van der Waals surface area contributed by atoms with Crippen LogP contribution in [0.2, 0.25) is 0 Å². The number of aryl methyl sites for hydroxylation is 1. The lowest BCUT2D eigenvalue weighted by molar-refractivity contribution is -0.130. The molecule has 1 amide bonds. The Bertz CT molecular complexity index is 910. The maximum atomic E-state index is 12.6. The number of benzene rings is 2. The summed E-state index contributed by atoms with van der Waals surface area (Å²) in [7, 11) is 0. The Hall–Kier alpha value is -3.02. The van der Waals surface area contributed by atoms with Gasteiger partial charge in [0.25, 0.3) is 5.91 Å². The van der Waals surface area contributed by atoms with Crippen LogP contribution in [0.15, 0.2) is 42.5 Å². The predicted octanol–water partition coefficient (Wildman–Crippen LogP) is 3.59. The summed E-state index contributed by atoms with van der Waals surface area (Å²) in [5, 5.41) is 3.03. The Kier molecular flexibility index (Phi) is 5.69. The maximum absolute atomic E-state index is 12.6. The number of esters is 1. The zero-order valence-electron chi connectivity index (χ0n) is 16.5. The van der Waals surface area contributed by atoms with Crippen molar-refractivity contribution in [3.05, 3.63) is 59.2 Å². The smallest absolute Gasteiger partial charge is 0.339 e. The first-order chi connectivity index (χ1) is 14.1. The summed E-state index contributed by atoms with van der Waals surface area (Å²) in [5.74, 6) is 0.274. The number of carbonyl (C=O) groups excluding carboxylic acids is 2. The zero-order valence-corrected chi connectivity index (χ0v) is 16.5. The number of amides is 1. The van der Waals surface area contributed by atoms with Gasteiger partial charge >= 0.3 is 5.97 Å². The number of fused-ring (bicyclic) bond motifs is 2. The van der Waals surface area contributed by atoms with Gasteiger partial charge in [0.2, 0.25) is 0 Å². The average molecular weight is 395 g/mol. The molecule has 1 heterocycles. The molecule has 29 heavy (non-hydrogen) atoms. The molecule has 0 aromatic heterocycles. The minimum atomic E-state index is -0.896. The minimum absolute atomic E-state index is 0.0494. The third kappa shape index (κ3) is 4.36. The van der Waals surface area contributed by atoms with Crippen molar-refractivity contribution in [1.82, 2.24) is 5.32 Å². The predicted molar refractivity (Wildman–Crippen MR) is 107 cm³/mol. The van der Waals surface area contributed by atoms with Crippen LogP contribution >= 0.6 is 0 Å². The first kappa shape index (κ1) is 19.3. The molecule has 152 valence electrons. The quantitative estimate of drug-likeness (QED) is 0.801. The first-order valence-electron chi connectivity index (χ1n) is 10.1. The number of carbonyl (C=O) groups is 2. The third-order valence-corrected chi connectivity index (χ3v) is 5.32. The fraction of sp³-hybridized carbons (Fsp3) is 0.391. The molecule has 0 spiro atoms. The van der Waals surface area contributed by atoms with Gasteiger partial charge < -0.3 is 19.5 Å². The summed E-state index contributed by atoms with van der Waals surface area (Å²) < 4.78 is 16.6. The van der Waals surface area contributed by atoms with Gasteiger partial charge in [0.15, 0.2) is 17.6 Å². The van der Waals surface area contributed by atoms with E-state index < -0.39 is 12.1 Å². The first-order valence-corrected chi connectivity index (χ1v) is 10.1. The molecule has 2 aromatic carbocycles. The normalized spacial score (nSPS) is 18.7. The van der Waals surface area contributed by atoms with Crippen molar-refractivity contribution in [3.8, 4) is 11.5 Å². The van der Waals surface area contributed by atoms with Gasteiger partial charge in [0.05, 0.1) is 24.8 Å². The Morgan fingerprint density at radius 2 is 1.86 bits per heavy atom. The van der Waals surface area contributed by atoms with E-state index in [1.165, 1.54) is 5.56 Å². The minimum Gasteiger partial charge on any atom is -0.490 e. The highest BCUT2D eigenvalue weighted by Crippen LogP contribution is 2.31. The van der Waals surface area contributed by atoms with Crippen molar-refractivity contribution >= 4 is 11.9 Å². The number of hydrogen-bond donors (Lipinski definition) is 1. The molecular weight excluding hydrogens is 370 g/mol. The lowest BCUT2D eigenvalue weighted by Crippen LogP contribution is -2.39. The second kappa shape index (κ2) is 8.55. The third-order valence-electron chi connectivity index (χ3n) is 5.32. The Balaban J connectivity index is 1.39. The molecule has 2 atom stereocenters. The van der Waals surface area contributed by atoms with E-state index in [2.05, 4.69) is 11.4 Å². The van der Waals surface area contributed by atoms with Crippen molar-refractivity contribution in [3.63, 3.8) is 0 Å². The molecule has 0 saturated heterocycles. The van der Waals surface area contributed by atoms with Gasteiger partial charge in [-0.25, -0.2) is 4.79 Å². The average Bonchev–Trinajstić information content (AvgIpc) is 2.98. The lowest BCUT2D eigenvalue weighted by Gasteiger charge is -2.27. The van der Waals surface area contributed by atoms with E-state index in [0.717, 1.165) is 31.2 Å². The van der Waals surface area contributed by atoms with Crippen molar-refractivity contribution < 1.29 is 23.8 Å². The molecule has 2 aliphatic rings. The molecule has 1 aliphatic carbocycles. The van der Waals surface area contributed by atoms with Gasteiger partial charge in [-0.3, -0.25) is 4.79 Å². The fourth-order valence-electron chi connectivity index (χ4n) is 3.77. The number of nitrogens with one attached hydrogen (secondary N) is 1. The van der Waals surface area contributed by atoms with Crippen LogP contribution in [0.5, 0.6) is 11.5 Å². The molecular formula is C23H25NO5. The van der Waals surface area contributed by atoms with Crippen LogP contribution < -0.4 is 14.8 Å². The number of rotatable bonds is 4. The Morgan fingerprint density at radius 1 is 1.07 bits per heavy atom. The van der Waals surface area contributed by atoms with E-state index in [1.54, 1.807) is 25.1 Å². The number of hydrogen-bond acceptors (Lipinski definition) is 5. The molecule has 6 heteroatoms. The van der Waals surface area contributed by atoms with Crippen LogP contribution in [-0.4, -0.2) is 31.2 Å². The fourth-order valence-corrected chi connectivity index (χ4v) is 3.77. The largest absolute Gasteiger partial charge is 0.490 e. The van der Waals surface area contributed by atoms with Gasteiger partial charge in [-0.1, -0.05) is 24.3 Å². The monoisotopic (exact) mass is 395 g/mol. The maximum Gasteiger partial charge on any atom is 0.339 e. The molecule has 2 aromatic rings.